The number of carbonyl (C=O) groups excluding carboxylic acids is 2. The van der Waals surface area contributed by atoms with E-state index in [-0.39, 0.29) is 128 Å². The van der Waals surface area contributed by atoms with Crippen molar-refractivity contribution in [3.05, 3.63) is 107 Å². The standard InChI is InChI=1S/C42H71NO6Si.C41H69NO7Si/c1-16-17-18-30(3)34(7)35(8)41(49-50(14,15)42(9,10)11)33(6)24-29(2)23-32(5)40(48-28-46-13)31(4)19-20-36-21-22-38-37(25-36)43(27-45-12)39(44)26-47-38;1-15-16-17-29(3)38(44)33(7)40(49-50(13,14)41(8,9)10)32(6)23-28(2)22-31(5)39(48-27-46-12)30(4)18-19-34-20-21-36-35(24-34)42(26-45-11)37(43)25-47-36/h17-23,25,30-35,40-41H,16,24,26-28H2,1-15H3;16-22,24,29-33,38-40,44H,15,23,25-27H2,1-14H3/b18-17-,20-19-,29-23-;17-16-,19-18-,28-22-/t30?,31?,32-,33-,34-,35+,40-,41+;29?,30?,31-,32-,33+,38-,39-,40+/m00/s1. The van der Waals surface area contributed by atoms with Crippen molar-refractivity contribution < 1.29 is 61.4 Å². The average Bonchev–Trinajstić information content (AvgIpc) is 0.846. The van der Waals surface area contributed by atoms with Crippen LogP contribution in [0.4, 0.5) is 11.4 Å². The normalized spacial score (nSPS) is 19.5. The number of hydrogen-bond acceptors (Lipinski definition) is 13. The Kier molecular flexibility index (Phi) is 38.1. The van der Waals surface area contributed by atoms with Gasteiger partial charge in [0.15, 0.2) is 29.8 Å². The van der Waals surface area contributed by atoms with E-state index in [0.717, 1.165) is 42.5 Å². The predicted molar refractivity (Wildman–Crippen MR) is 421 cm³/mol. The molecule has 100 heavy (non-hydrogen) atoms. The van der Waals surface area contributed by atoms with Crippen molar-refractivity contribution >= 4 is 52.0 Å². The van der Waals surface area contributed by atoms with Crippen LogP contribution < -0.4 is 19.3 Å². The van der Waals surface area contributed by atoms with Crippen molar-refractivity contribution in [2.24, 2.45) is 65.1 Å². The summed E-state index contributed by atoms with van der Waals surface area (Å²) in [6.45, 7) is 57.6. The van der Waals surface area contributed by atoms with Crippen molar-refractivity contribution in [2.45, 2.75) is 238 Å². The first-order valence-corrected chi connectivity index (χ1v) is 43.0. The van der Waals surface area contributed by atoms with Crippen LogP contribution in [0, 0.1) is 65.1 Å². The van der Waals surface area contributed by atoms with E-state index >= 15 is 0 Å². The third kappa shape index (κ3) is 27.2. The summed E-state index contributed by atoms with van der Waals surface area (Å²) in [6, 6.07) is 11.7. The quantitative estimate of drug-likeness (QED) is 0.0383. The second kappa shape index (κ2) is 42.4. The highest BCUT2D eigenvalue weighted by Crippen LogP contribution is 2.44. The van der Waals surface area contributed by atoms with Crippen LogP contribution in [0.3, 0.4) is 0 Å². The molecule has 0 aromatic heterocycles. The van der Waals surface area contributed by atoms with E-state index in [4.69, 9.17) is 46.7 Å². The highest BCUT2D eigenvalue weighted by atomic mass is 28.4. The van der Waals surface area contributed by atoms with E-state index < -0.39 is 22.7 Å². The number of rotatable bonds is 40. The molecule has 4 unspecified atom stereocenters. The smallest absolute Gasteiger partial charge is 0.266 e. The maximum absolute atomic E-state index is 12.5. The molecule has 0 radical (unpaired) electrons. The largest absolute Gasteiger partial charge is 0.482 e. The molecule has 0 aliphatic carbocycles. The number of carbonyl (C=O) groups is 2. The molecule has 16 atom stereocenters. The number of hydrogen-bond donors (Lipinski definition) is 1. The van der Waals surface area contributed by atoms with Gasteiger partial charge >= 0.3 is 0 Å². The minimum Gasteiger partial charge on any atom is -0.482 e. The fraction of sp³-hybridized carbons (Fsp3) is 0.687. The van der Waals surface area contributed by atoms with Crippen LogP contribution in [-0.2, 0) is 46.9 Å². The lowest BCUT2D eigenvalue weighted by Crippen LogP contribution is -2.49. The summed E-state index contributed by atoms with van der Waals surface area (Å²) in [7, 11) is 2.36. The van der Waals surface area contributed by atoms with Crippen molar-refractivity contribution in [1.29, 1.82) is 0 Å². The molecule has 1 N–H and O–H groups in total. The Labute approximate surface area is 610 Å². The van der Waals surface area contributed by atoms with Gasteiger partial charge in [0.1, 0.15) is 38.5 Å². The molecule has 2 aromatic carbocycles. The van der Waals surface area contributed by atoms with Gasteiger partial charge in [-0.25, -0.2) is 0 Å². The van der Waals surface area contributed by atoms with Gasteiger partial charge in [0.25, 0.3) is 11.8 Å². The molecule has 2 heterocycles. The molecule has 568 valence electrons. The molecule has 0 saturated heterocycles. The molecule has 0 bridgehead atoms. The van der Waals surface area contributed by atoms with E-state index in [0.29, 0.717) is 40.9 Å². The monoisotopic (exact) mass is 1430 g/mol. The Hall–Kier alpha value is -4.51. The number of methoxy groups -OCH3 is 4. The maximum atomic E-state index is 12.5. The number of fused-ring (bicyclic) bond motifs is 2. The zero-order chi connectivity index (χ0) is 75.6. The van der Waals surface area contributed by atoms with Crippen LogP contribution >= 0.6 is 0 Å². The summed E-state index contributed by atoms with van der Waals surface area (Å²) in [4.78, 5) is 28.1. The molecule has 2 aromatic rings. The van der Waals surface area contributed by atoms with Gasteiger partial charge in [-0.15, -0.1) is 0 Å². The Balaban J connectivity index is 0.000000520. The fourth-order valence-corrected chi connectivity index (χ4v) is 16.2. The van der Waals surface area contributed by atoms with Crippen molar-refractivity contribution in [3.63, 3.8) is 0 Å². The van der Waals surface area contributed by atoms with Crippen LogP contribution in [-0.4, -0.2) is 133 Å². The SMILES string of the molecule is CC/C=C\C(C)[C@H](C)[C@@H](C)[C@H](O[Si](C)(C)C(C)(C)C)[C@@H](C)C/C(C)=C\[C@H](C)[C@@H](OCOC)C(C)/C=C\c1ccc2c(c1)N(COC)C(=O)CO2.CC/C=C\C(C)[C@H](O)[C@@H](C)[C@H](O[Si](C)(C)C(C)(C)C)[C@@H](C)C/C(C)=C\[C@H](C)[C@@H](OCOC)C(C)/C=C\c1ccc2c(c1)N(COC)C(=O)CO2. The first-order chi connectivity index (χ1) is 46.8. The molecule has 2 amide bonds. The predicted octanol–water partition coefficient (Wildman–Crippen LogP) is 19.8. The van der Waals surface area contributed by atoms with Gasteiger partial charge < -0.3 is 51.9 Å². The number of amides is 2. The minimum absolute atomic E-state index is 0.00579. The Morgan fingerprint density at radius 3 is 1.23 bits per heavy atom. The summed E-state index contributed by atoms with van der Waals surface area (Å²) >= 11 is 0. The molecule has 0 saturated carbocycles. The second-order valence-electron chi connectivity index (χ2n) is 32.3. The molecule has 15 nitrogen and oxygen atoms in total. The third-order valence-electron chi connectivity index (χ3n) is 21.5. The van der Waals surface area contributed by atoms with Crippen LogP contribution in [0.15, 0.2) is 96.2 Å². The zero-order valence-corrected chi connectivity index (χ0v) is 69.8. The van der Waals surface area contributed by atoms with E-state index in [1.165, 1.54) is 11.1 Å². The van der Waals surface area contributed by atoms with Gasteiger partial charge in [-0.05, 0) is 141 Å². The molecular formula is C83H140N2O13Si2. The molecule has 0 spiro atoms. The van der Waals surface area contributed by atoms with E-state index in [9.17, 15) is 14.7 Å². The molecule has 17 heteroatoms. The molecule has 0 fully saturated rings. The van der Waals surface area contributed by atoms with Crippen LogP contribution in [0.2, 0.25) is 36.3 Å². The molecular weight excluding hydrogens is 1290 g/mol. The Morgan fingerprint density at radius 1 is 0.510 bits per heavy atom. The first-order valence-electron chi connectivity index (χ1n) is 37.2. The van der Waals surface area contributed by atoms with Crippen LogP contribution in [0.25, 0.3) is 12.2 Å². The molecule has 2 aliphatic heterocycles. The number of anilines is 2. The van der Waals surface area contributed by atoms with Gasteiger partial charge in [0, 0.05) is 63.9 Å². The van der Waals surface area contributed by atoms with Crippen LogP contribution in [0.1, 0.15) is 182 Å². The van der Waals surface area contributed by atoms with Gasteiger partial charge in [0.05, 0.1) is 41.9 Å². The molecule has 2 aliphatic rings. The van der Waals surface area contributed by atoms with Crippen molar-refractivity contribution in [2.75, 3.05) is 78.5 Å². The lowest BCUT2D eigenvalue weighted by molar-refractivity contribution is -0.123. The highest BCUT2D eigenvalue weighted by molar-refractivity contribution is 6.74. The topological polar surface area (TPSA) is 153 Å². The number of benzene rings is 2. The molecule has 4 rings (SSSR count). The van der Waals surface area contributed by atoms with Gasteiger partial charge in [-0.2, -0.15) is 0 Å². The number of aliphatic hydroxyl groups excluding tert-OH is 1. The van der Waals surface area contributed by atoms with Crippen molar-refractivity contribution in [3.8, 4) is 11.5 Å². The maximum Gasteiger partial charge on any atom is 0.266 e. The number of nitrogens with zero attached hydrogens (tertiary/aromatic N) is 2. The zero-order valence-electron chi connectivity index (χ0n) is 67.8. The number of allylic oxidation sites excluding steroid dienone is 5. The van der Waals surface area contributed by atoms with Crippen molar-refractivity contribution in [1.82, 2.24) is 0 Å². The fourth-order valence-electron chi connectivity index (χ4n) is 13.2. The summed E-state index contributed by atoms with van der Waals surface area (Å²) < 4.78 is 59.5. The average molecular weight is 1430 g/mol. The van der Waals surface area contributed by atoms with E-state index in [2.05, 4.69) is 232 Å². The van der Waals surface area contributed by atoms with E-state index in [1.807, 2.05) is 36.4 Å². The van der Waals surface area contributed by atoms with Crippen LogP contribution in [0.5, 0.6) is 11.5 Å². The van der Waals surface area contributed by atoms with Gasteiger partial charge in [0.2, 0.25) is 0 Å². The Morgan fingerprint density at radius 2 is 0.880 bits per heavy atom. The minimum atomic E-state index is -2.11. The lowest BCUT2D eigenvalue weighted by atomic mass is 9.77. The number of aliphatic hydroxyl groups is 1. The lowest BCUT2D eigenvalue weighted by Gasteiger charge is -2.44. The third-order valence-corrected chi connectivity index (χ3v) is 30.4. The summed E-state index contributed by atoms with van der Waals surface area (Å²) in [6.07, 6.45) is 25.4. The highest BCUT2D eigenvalue weighted by Gasteiger charge is 2.45. The first kappa shape index (κ1) is 89.7. The summed E-state index contributed by atoms with van der Waals surface area (Å²) in [5.74, 6) is 3.51. The van der Waals surface area contributed by atoms with Gasteiger partial charge in [-0.1, -0.05) is 216 Å². The number of ether oxygens (including phenoxy) is 8. The Bertz CT molecular complexity index is 2760. The second-order valence-corrected chi connectivity index (χ2v) is 41.8. The summed E-state index contributed by atoms with van der Waals surface area (Å²) in [5, 5.41) is 11.7. The summed E-state index contributed by atoms with van der Waals surface area (Å²) in [5.41, 5.74) is 5.98. The van der Waals surface area contributed by atoms with Gasteiger partial charge in [-0.3, -0.25) is 19.4 Å². The van der Waals surface area contributed by atoms with E-state index in [1.54, 1.807) is 38.2 Å².